The molecule has 0 heterocycles. The minimum atomic E-state index is -1.29. The van der Waals surface area contributed by atoms with Crippen LogP contribution in [0.1, 0.15) is 18.1 Å². The molecule has 9 nitrogen and oxygen atoms in total. The van der Waals surface area contributed by atoms with Crippen molar-refractivity contribution in [3.63, 3.8) is 0 Å². The van der Waals surface area contributed by atoms with Crippen molar-refractivity contribution in [2.45, 2.75) is 32.0 Å². The zero-order valence-electron chi connectivity index (χ0n) is 15.8. The van der Waals surface area contributed by atoms with Gasteiger partial charge in [-0.1, -0.05) is 42.5 Å². The number of carbonyl (C=O) groups is 3. The first-order valence-corrected chi connectivity index (χ1v) is 8.64. The molecule has 0 aliphatic rings. The molecule has 2 atom stereocenters. The number of aliphatic carboxylic acids is 2. The third-order valence-electron chi connectivity index (χ3n) is 3.86. The maximum Gasteiger partial charge on any atom is 0.408 e. The van der Waals surface area contributed by atoms with Crippen molar-refractivity contribution in [1.82, 2.24) is 4.90 Å². The van der Waals surface area contributed by atoms with Crippen molar-refractivity contribution in [3.8, 4) is 5.75 Å². The fraction of sp³-hybridized carbons (Fsp3) is 0.250. The van der Waals surface area contributed by atoms with Gasteiger partial charge < -0.3 is 26.2 Å². The van der Waals surface area contributed by atoms with Crippen LogP contribution in [0.5, 0.6) is 5.75 Å². The fourth-order valence-corrected chi connectivity index (χ4v) is 2.28. The van der Waals surface area contributed by atoms with E-state index in [2.05, 4.69) is 0 Å². The average Bonchev–Trinajstić information content (AvgIpc) is 2.67. The summed E-state index contributed by atoms with van der Waals surface area (Å²) < 4.78 is 0. The number of nitrogens with two attached hydrogens (primary N) is 1. The second kappa shape index (κ2) is 11.3. The normalized spacial score (nSPS) is 12.1. The van der Waals surface area contributed by atoms with E-state index >= 15 is 0 Å². The summed E-state index contributed by atoms with van der Waals surface area (Å²) in [6.07, 6.45) is -1.27. The number of nitrogens with zero attached hydrogens (tertiary/aromatic N) is 1. The van der Waals surface area contributed by atoms with Crippen molar-refractivity contribution in [1.29, 1.82) is 0 Å². The Hall–Kier alpha value is -3.59. The number of benzene rings is 2. The lowest BCUT2D eigenvalue weighted by atomic mass is 10.0. The summed E-state index contributed by atoms with van der Waals surface area (Å²) in [6, 6.07) is 12.9. The van der Waals surface area contributed by atoms with E-state index in [1.54, 1.807) is 42.5 Å². The predicted octanol–water partition coefficient (Wildman–Crippen LogP) is 1.99. The van der Waals surface area contributed by atoms with E-state index in [1.807, 2.05) is 0 Å². The molecule has 2 aromatic rings. The summed E-state index contributed by atoms with van der Waals surface area (Å²) in [5.41, 5.74) is 6.18. The van der Waals surface area contributed by atoms with E-state index < -0.39 is 30.1 Å². The quantitative estimate of drug-likeness (QED) is 0.468. The van der Waals surface area contributed by atoms with Gasteiger partial charge >= 0.3 is 18.0 Å². The van der Waals surface area contributed by atoms with E-state index in [0.717, 1.165) is 4.90 Å². The highest BCUT2D eigenvalue weighted by atomic mass is 16.4. The predicted molar refractivity (Wildman–Crippen MR) is 105 cm³/mol. The molecule has 156 valence electrons. The zero-order valence-corrected chi connectivity index (χ0v) is 15.8. The Balaban J connectivity index is 0.000000612. The Bertz CT molecular complexity index is 807. The number of amides is 1. The largest absolute Gasteiger partial charge is 0.508 e. The van der Waals surface area contributed by atoms with Crippen LogP contribution in [0.3, 0.4) is 0 Å². The van der Waals surface area contributed by atoms with Crippen LogP contribution in [-0.4, -0.2) is 55.4 Å². The Morgan fingerprint density at radius 3 is 1.83 bits per heavy atom. The highest BCUT2D eigenvalue weighted by Crippen LogP contribution is 2.16. The molecule has 0 spiro atoms. The lowest BCUT2D eigenvalue weighted by Gasteiger charge is -2.26. The monoisotopic (exact) mass is 404 g/mol. The minimum absolute atomic E-state index is 0.00871. The number of hydrogen-bond donors (Lipinski definition) is 5. The van der Waals surface area contributed by atoms with Crippen molar-refractivity contribution in [2.24, 2.45) is 5.73 Å². The van der Waals surface area contributed by atoms with Gasteiger partial charge in [0.25, 0.3) is 0 Å². The molecule has 0 aliphatic heterocycles. The van der Waals surface area contributed by atoms with Crippen LogP contribution in [0.25, 0.3) is 0 Å². The number of hydrogen-bond acceptors (Lipinski definition) is 5. The summed E-state index contributed by atoms with van der Waals surface area (Å²) in [5.74, 6) is -2.11. The van der Waals surface area contributed by atoms with Gasteiger partial charge in [0.15, 0.2) is 0 Å². The molecule has 0 radical (unpaired) electrons. The average molecular weight is 404 g/mol. The minimum Gasteiger partial charge on any atom is -0.508 e. The molecule has 0 saturated carbocycles. The van der Waals surface area contributed by atoms with Gasteiger partial charge in [-0.05, 0) is 30.2 Å². The maximum atomic E-state index is 11.6. The highest BCUT2D eigenvalue weighted by molar-refractivity contribution is 5.79. The lowest BCUT2D eigenvalue weighted by Crippen LogP contribution is -2.45. The molecule has 6 N–H and O–H groups in total. The van der Waals surface area contributed by atoms with Gasteiger partial charge in [0.1, 0.15) is 17.8 Å². The van der Waals surface area contributed by atoms with E-state index in [0.29, 0.717) is 11.1 Å². The van der Waals surface area contributed by atoms with Crippen molar-refractivity contribution in [2.75, 3.05) is 0 Å². The first-order chi connectivity index (χ1) is 13.6. The summed E-state index contributed by atoms with van der Waals surface area (Å²) in [4.78, 5) is 33.6. The number of carboxylic acid groups (broad SMARTS) is 3. The van der Waals surface area contributed by atoms with Crippen LogP contribution in [0, 0.1) is 0 Å². The lowest BCUT2D eigenvalue weighted by molar-refractivity contribution is -0.143. The number of rotatable bonds is 7. The van der Waals surface area contributed by atoms with Gasteiger partial charge in [0, 0.05) is 13.0 Å². The number of aromatic hydroxyl groups is 1. The van der Waals surface area contributed by atoms with Crippen LogP contribution in [-0.2, 0) is 22.6 Å². The number of carboxylic acids is 2. The van der Waals surface area contributed by atoms with Crippen molar-refractivity contribution < 1.29 is 34.8 Å². The fourth-order valence-electron chi connectivity index (χ4n) is 2.28. The molecule has 2 aromatic carbocycles. The summed E-state index contributed by atoms with van der Waals surface area (Å²) >= 11 is 0. The molecule has 0 bridgehead atoms. The maximum absolute atomic E-state index is 11.6. The van der Waals surface area contributed by atoms with Crippen molar-refractivity contribution in [3.05, 3.63) is 65.7 Å². The van der Waals surface area contributed by atoms with Gasteiger partial charge in [-0.25, -0.2) is 9.59 Å². The number of phenolic OH excluding ortho intramolecular Hbond substituents is 1. The first-order valence-electron chi connectivity index (χ1n) is 8.64. The van der Waals surface area contributed by atoms with Gasteiger partial charge in [0.05, 0.1) is 0 Å². The second-order valence-corrected chi connectivity index (χ2v) is 6.25. The van der Waals surface area contributed by atoms with Crippen molar-refractivity contribution >= 4 is 18.0 Å². The molecular weight excluding hydrogens is 380 g/mol. The molecule has 0 saturated heterocycles. The van der Waals surface area contributed by atoms with Crippen LogP contribution < -0.4 is 5.73 Å². The summed E-state index contributed by atoms with van der Waals surface area (Å²) in [5, 5.41) is 36.0. The van der Waals surface area contributed by atoms with E-state index in [1.165, 1.54) is 19.1 Å². The smallest absolute Gasteiger partial charge is 0.408 e. The first kappa shape index (κ1) is 23.4. The van der Waals surface area contributed by atoms with Gasteiger partial charge in [-0.15, -0.1) is 0 Å². The third-order valence-corrected chi connectivity index (χ3v) is 3.86. The topological polar surface area (TPSA) is 161 Å². The molecule has 0 aromatic heterocycles. The Labute approximate surface area is 167 Å². The van der Waals surface area contributed by atoms with Crippen LogP contribution in [0.4, 0.5) is 4.79 Å². The SMILES string of the molecule is C[C@H](N)C(=O)O.O=C(O)[C@H](Cc1ccc(O)cc1)N(Cc1ccccc1)C(=O)O. The van der Waals surface area contributed by atoms with Gasteiger partial charge in [-0.2, -0.15) is 0 Å². The summed E-state index contributed by atoms with van der Waals surface area (Å²) in [7, 11) is 0. The summed E-state index contributed by atoms with van der Waals surface area (Å²) in [6.45, 7) is 1.41. The van der Waals surface area contributed by atoms with E-state index in [-0.39, 0.29) is 18.7 Å². The molecular formula is C20H24N2O7. The van der Waals surface area contributed by atoms with Crippen LogP contribution >= 0.6 is 0 Å². The van der Waals surface area contributed by atoms with Crippen LogP contribution in [0.2, 0.25) is 0 Å². The molecule has 0 aliphatic carbocycles. The molecule has 0 unspecified atom stereocenters. The Morgan fingerprint density at radius 1 is 0.897 bits per heavy atom. The Morgan fingerprint density at radius 2 is 1.41 bits per heavy atom. The second-order valence-electron chi connectivity index (χ2n) is 6.25. The number of phenols is 1. The van der Waals surface area contributed by atoms with E-state index in [4.69, 9.17) is 10.8 Å². The molecule has 29 heavy (non-hydrogen) atoms. The van der Waals surface area contributed by atoms with Crippen LogP contribution in [0.15, 0.2) is 54.6 Å². The van der Waals surface area contributed by atoms with Gasteiger partial charge in [-0.3, -0.25) is 9.69 Å². The van der Waals surface area contributed by atoms with E-state index in [9.17, 15) is 29.7 Å². The zero-order chi connectivity index (χ0) is 22.0. The standard InChI is InChI=1S/C17H17NO5.C3H7NO2/c19-14-8-6-12(7-9-14)10-15(16(20)21)18(17(22)23)11-13-4-2-1-3-5-13;1-2(4)3(5)6/h1-9,15,19H,10-11H2,(H,20,21)(H,22,23);2H,4H2,1H3,(H,5,6)/t15-;2-/m00/s1. The molecule has 0 fully saturated rings. The molecule has 9 heteroatoms. The Kier molecular flexibility index (Phi) is 9.14. The highest BCUT2D eigenvalue weighted by Gasteiger charge is 2.29. The molecule has 2 rings (SSSR count). The molecule has 1 amide bonds. The third kappa shape index (κ3) is 8.31. The van der Waals surface area contributed by atoms with Gasteiger partial charge in [0.2, 0.25) is 0 Å².